The lowest BCUT2D eigenvalue weighted by Crippen LogP contribution is -2.14. The first kappa shape index (κ1) is 18.3. The van der Waals surface area contributed by atoms with Crippen LogP contribution in [0.2, 0.25) is 10.0 Å². The molecule has 0 bridgehead atoms. The summed E-state index contributed by atoms with van der Waals surface area (Å²) in [5, 5.41) is 3.50. The molecule has 0 radical (unpaired) electrons. The number of carbonyl (C=O) groups excluding carboxylic acids is 1. The molecule has 2 N–H and O–H groups in total. The first-order valence-corrected chi connectivity index (χ1v) is 8.78. The first-order chi connectivity index (χ1) is 12.5. The summed E-state index contributed by atoms with van der Waals surface area (Å²) in [7, 11) is 0. The molecule has 0 fully saturated rings. The smallest absolute Gasteiger partial charge is 0.274 e. The minimum absolute atomic E-state index is 0.201. The Morgan fingerprint density at radius 3 is 2.54 bits per heavy atom. The van der Waals surface area contributed by atoms with E-state index >= 15 is 0 Å². The summed E-state index contributed by atoms with van der Waals surface area (Å²) < 4.78 is 0.222. The van der Waals surface area contributed by atoms with Gasteiger partial charge >= 0.3 is 0 Å². The zero-order valence-corrected chi connectivity index (χ0v) is 15.7. The van der Waals surface area contributed by atoms with Crippen molar-refractivity contribution < 1.29 is 4.79 Å². The third-order valence-electron chi connectivity index (χ3n) is 3.43. The van der Waals surface area contributed by atoms with Gasteiger partial charge in [0.2, 0.25) is 0 Å². The van der Waals surface area contributed by atoms with Crippen LogP contribution in [-0.2, 0) is 0 Å². The van der Waals surface area contributed by atoms with Crippen molar-refractivity contribution in [1.82, 2.24) is 9.97 Å². The Bertz CT molecular complexity index is 1030. The number of anilines is 1. The van der Waals surface area contributed by atoms with E-state index < -0.39 is 5.91 Å². The topological polar surface area (TPSA) is 57.8 Å². The molecule has 2 aromatic carbocycles. The number of aromatic nitrogens is 2. The Kier molecular flexibility index (Phi) is 5.83. The molecule has 130 valence electrons. The molecule has 0 unspecified atom stereocenters. The quantitative estimate of drug-likeness (QED) is 0.537. The second kappa shape index (κ2) is 8.27. The van der Waals surface area contributed by atoms with Gasteiger partial charge in [-0.1, -0.05) is 59.6 Å². The number of hydrogen-bond donors (Lipinski definition) is 2. The molecular formula is C19H13Cl2N3OS. The Morgan fingerprint density at radius 2 is 1.81 bits per heavy atom. The lowest BCUT2D eigenvalue weighted by atomic mass is 10.2. The highest BCUT2D eigenvalue weighted by atomic mass is 35.5. The molecule has 3 rings (SSSR count). The fourth-order valence-electron chi connectivity index (χ4n) is 2.20. The fourth-order valence-corrected chi connectivity index (χ4v) is 2.72. The maximum absolute atomic E-state index is 12.5. The van der Waals surface area contributed by atoms with Gasteiger partial charge < -0.3 is 10.3 Å². The molecule has 0 aliphatic carbocycles. The van der Waals surface area contributed by atoms with Crippen molar-refractivity contribution in [2.24, 2.45) is 0 Å². The average Bonchev–Trinajstić information content (AvgIpc) is 2.63. The predicted molar refractivity (Wildman–Crippen MR) is 109 cm³/mol. The van der Waals surface area contributed by atoms with Crippen LogP contribution in [0.5, 0.6) is 0 Å². The monoisotopic (exact) mass is 401 g/mol. The van der Waals surface area contributed by atoms with Crippen molar-refractivity contribution in [1.29, 1.82) is 0 Å². The summed E-state index contributed by atoms with van der Waals surface area (Å²) in [6.07, 6.45) is 3.75. The first-order valence-electron chi connectivity index (χ1n) is 7.62. The van der Waals surface area contributed by atoms with E-state index in [1.54, 1.807) is 24.3 Å². The normalized spacial score (nSPS) is 10.8. The van der Waals surface area contributed by atoms with Crippen molar-refractivity contribution in [3.63, 3.8) is 0 Å². The maximum atomic E-state index is 12.5. The van der Waals surface area contributed by atoms with Crippen molar-refractivity contribution >= 4 is 59.2 Å². The van der Waals surface area contributed by atoms with Gasteiger partial charge in [-0.15, -0.1) is 0 Å². The number of nitrogens with one attached hydrogen (secondary N) is 2. The SMILES string of the molecule is O=C(Nc1ccc(Cl)c(Cl)c1)c1cc(C=Cc2ccccc2)[nH]c(=S)n1. The number of benzene rings is 2. The van der Waals surface area contributed by atoms with Crippen LogP contribution in [0, 0.1) is 4.77 Å². The van der Waals surface area contributed by atoms with Crippen molar-refractivity contribution in [2.45, 2.75) is 0 Å². The molecule has 0 saturated heterocycles. The average molecular weight is 402 g/mol. The Morgan fingerprint density at radius 1 is 1.04 bits per heavy atom. The summed E-state index contributed by atoms with van der Waals surface area (Å²) in [4.78, 5) is 19.5. The molecule has 1 heterocycles. The highest BCUT2D eigenvalue weighted by Crippen LogP contribution is 2.25. The molecule has 0 spiro atoms. The number of amides is 1. The molecule has 0 aliphatic heterocycles. The van der Waals surface area contributed by atoms with Gasteiger partial charge in [0.1, 0.15) is 5.69 Å². The largest absolute Gasteiger partial charge is 0.331 e. The number of aromatic amines is 1. The van der Waals surface area contributed by atoms with E-state index in [9.17, 15) is 4.79 Å². The Balaban J connectivity index is 1.82. The van der Waals surface area contributed by atoms with E-state index in [1.165, 1.54) is 0 Å². The number of hydrogen-bond acceptors (Lipinski definition) is 3. The Hall–Kier alpha value is -2.47. The molecule has 1 aromatic heterocycles. The molecule has 4 nitrogen and oxygen atoms in total. The van der Waals surface area contributed by atoms with Crippen LogP contribution >= 0.6 is 35.4 Å². The third-order valence-corrected chi connectivity index (χ3v) is 4.36. The lowest BCUT2D eigenvalue weighted by Gasteiger charge is -2.06. The zero-order valence-electron chi connectivity index (χ0n) is 13.4. The zero-order chi connectivity index (χ0) is 18.5. The molecule has 3 aromatic rings. The Labute approximate surface area is 165 Å². The second-order valence-corrected chi connectivity index (χ2v) is 6.56. The molecule has 0 aliphatic rings. The summed E-state index contributed by atoms with van der Waals surface area (Å²) >= 11 is 17.0. The molecule has 26 heavy (non-hydrogen) atoms. The number of H-pyrrole nitrogens is 1. The van der Waals surface area contributed by atoms with Crippen LogP contribution in [0.3, 0.4) is 0 Å². The lowest BCUT2D eigenvalue weighted by molar-refractivity contribution is 0.102. The van der Waals surface area contributed by atoms with E-state index in [0.717, 1.165) is 5.56 Å². The van der Waals surface area contributed by atoms with E-state index in [0.29, 0.717) is 21.4 Å². The van der Waals surface area contributed by atoms with Crippen LogP contribution in [0.15, 0.2) is 54.6 Å². The van der Waals surface area contributed by atoms with Crippen LogP contribution in [0.4, 0.5) is 5.69 Å². The van der Waals surface area contributed by atoms with Gasteiger partial charge in [-0.3, -0.25) is 4.79 Å². The van der Waals surface area contributed by atoms with E-state index in [4.69, 9.17) is 35.4 Å². The standard InChI is InChI=1S/C19H13Cl2N3OS/c20-15-9-8-13(10-16(15)21)22-18(25)17-11-14(23-19(26)24-17)7-6-12-4-2-1-3-5-12/h1-11H,(H,22,25)(H,23,24,26). The fraction of sp³-hybridized carbons (Fsp3) is 0. The van der Waals surface area contributed by atoms with Crippen LogP contribution in [-0.4, -0.2) is 15.9 Å². The molecular weight excluding hydrogens is 389 g/mol. The van der Waals surface area contributed by atoms with Gasteiger partial charge in [-0.05, 0) is 48.1 Å². The van der Waals surface area contributed by atoms with Gasteiger partial charge in [0, 0.05) is 11.4 Å². The van der Waals surface area contributed by atoms with Gasteiger partial charge in [-0.2, -0.15) is 0 Å². The number of nitrogens with zero attached hydrogens (tertiary/aromatic N) is 1. The summed E-state index contributed by atoms with van der Waals surface area (Å²) in [5.74, 6) is -0.391. The number of carbonyl (C=O) groups is 1. The van der Waals surface area contributed by atoms with Gasteiger partial charge in [0.25, 0.3) is 5.91 Å². The van der Waals surface area contributed by atoms with Gasteiger partial charge in [0.05, 0.1) is 10.0 Å². The van der Waals surface area contributed by atoms with E-state index in [1.807, 2.05) is 42.5 Å². The van der Waals surface area contributed by atoms with Crippen LogP contribution < -0.4 is 5.32 Å². The van der Waals surface area contributed by atoms with Crippen molar-refractivity contribution in [2.75, 3.05) is 5.32 Å². The van der Waals surface area contributed by atoms with Gasteiger partial charge in [0.15, 0.2) is 4.77 Å². The van der Waals surface area contributed by atoms with E-state index in [2.05, 4.69) is 15.3 Å². The molecule has 7 heteroatoms. The van der Waals surface area contributed by atoms with Gasteiger partial charge in [-0.25, -0.2) is 4.98 Å². The molecule has 0 atom stereocenters. The third kappa shape index (κ3) is 4.79. The van der Waals surface area contributed by atoms with Crippen molar-refractivity contribution in [3.8, 4) is 0 Å². The highest BCUT2D eigenvalue weighted by molar-refractivity contribution is 7.71. The molecule has 1 amide bonds. The summed E-state index contributed by atoms with van der Waals surface area (Å²) in [6, 6.07) is 16.3. The minimum atomic E-state index is -0.391. The summed E-state index contributed by atoms with van der Waals surface area (Å²) in [6.45, 7) is 0. The predicted octanol–water partition coefficient (Wildman–Crippen LogP) is 5.87. The minimum Gasteiger partial charge on any atom is -0.331 e. The van der Waals surface area contributed by atoms with E-state index in [-0.39, 0.29) is 10.5 Å². The van der Waals surface area contributed by atoms with Crippen molar-refractivity contribution in [3.05, 3.63) is 86.4 Å². The number of halogens is 2. The van der Waals surface area contributed by atoms with Crippen LogP contribution in [0.25, 0.3) is 12.2 Å². The number of rotatable bonds is 4. The van der Waals surface area contributed by atoms with Crippen LogP contribution in [0.1, 0.15) is 21.7 Å². The molecule has 0 saturated carbocycles. The second-order valence-electron chi connectivity index (χ2n) is 5.35. The maximum Gasteiger partial charge on any atom is 0.274 e. The highest BCUT2D eigenvalue weighted by Gasteiger charge is 2.10. The summed E-state index contributed by atoms with van der Waals surface area (Å²) in [5.41, 5.74) is 2.43.